The number of ether oxygens (including phenoxy) is 1. The van der Waals surface area contributed by atoms with Gasteiger partial charge < -0.3 is 10.1 Å². The van der Waals surface area contributed by atoms with E-state index in [-0.39, 0.29) is 6.03 Å². The lowest BCUT2D eigenvalue weighted by molar-refractivity contribution is 0.224. The molecule has 2 N–H and O–H groups in total. The van der Waals surface area contributed by atoms with Gasteiger partial charge in [0.25, 0.3) is 0 Å². The average molecular weight is 223 g/mol. The number of benzene rings is 1. The third-order valence-corrected chi connectivity index (χ3v) is 1.93. The molecule has 0 saturated carbocycles. The Morgan fingerprint density at radius 2 is 2.06 bits per heavy atom. The number of urea groups is 1. The fourth-order valence-electron chi connectivity index (χ4n) is 1.27. The normalized spacial score (nSPS) is 10.1. The minimum Gasteiger partial charge on any atom is -0.495 e. The van der Waals surface area contributed by atoms with E-state index in [1.807, 2.05) is 25.1 Å². The second-order valence-electron chi connectivity index (χ2n) is 3.66. The molecule has 2 amide bonds. The number of hydrogen-bond acceptors (Lipinski definition) is 3. The predicted molar refractivity (Wildman–Crippen MR) is 63.6 cm³/mol. The second-order valence-corrected chi connectivity index (χ2v) is 3.66. The van der Waals surface area contributed by atoms with E-state index in [4.69, 9.17) is 4.74 Å². The first-order valence-electron chi connectivity index (χ1n) is 4.92. The van der Waals surface area contributed by atoms with E-state index in [1.54, 1.807) is 26.2 Å². The maximum absolute atomic E-state index is 11.5. The van der Waals surface area contributed by atoms with Crippen molar-refractivity contribution in [2.24, 2.45) is 0 Å². The minimum atomic E-state index is -0.297. The van der Waals surface area contributed by atoms with Crippen LogP contribution in [0.4, 0.5) is 10.5 Å². The molecule has 0 spiro atoms. The van der Waals surface area contributed by atoms with E-state index in [9.17, 15) is 4.79 Å². The average Bonchev–Trinajstić information content (AvgIpc) is 2.16. The van der Waals surface area contributed by atoms with E-state index < -0.39 is 0 Å². The van der Waals surface area contributed by atoms with E-state index in [0.29, 0.717) is 11.4 Å². The quantitative estimate of drug-likeness (QED) is 0.765. The van der Waals surface area contributed by atoms with Crippen LogP contribution in [0.5, 0.6) is 5.75 Å². The van der Waals surface area contributed by atoms with Crippen LogP contribution in [0, 0.1) is 6.92 Å². The molecule has 0 aromatic heterocycles. The van der Waals surface area contributed by atoms with Crippen LogP contribution < -0.4 is 15.5 Å². The van der Waals surface area contributed by atoms with Gasteiger partial charge in [-0.15, -0.1) is 0 Å². The van der Waals surface area contributed by atoms with Crippen molar-refractivity contribution in [3.8, 4) is 5.75 Å². The summed E-state index contributed by atoms with van der Waals surface area (Å²) in [7, 11) is 5.06. The number of rotatable bonds is 3. The third kappa shape index (κ3) is 3.43. The minimum absolute atomic E-state index is 0.297. The highest BCUT2D eigenvalue weighted by Gasteiger charge is 2.07. The van der Waals surface area contributed by atoms with Gasteiger partial charge in [0.2, 0.25) is 0 Å². The number of anilines is 1. The second kappa shape index (κ2) is 5.37. The summed E-state index contributed by atoms with van der Waals surface area (Å²) in [5.74, 6) is 0.638. The van der Waals surface area contributed by atoms with Crippen LogP contribution in [0.3, 0.4) is 0 Å². The summed E-state index contributed by atoms with van der Waals surface area (Å²) in [6.45, 7) is 1.95. The highest BCUT2D eigenvalue weighted by molar-refractivity contribution is 5.90. The van der Waals surface area contributed by atoms with Gasteiger partial charge in [-0.3, -0.25) is 5.43 Å². The fourth-order valence-corrected chi connectivity index (χ4v) is 1.27. The lowest BCUT2D eigenvalue weighted by atomic mass is 10.2. The zero-order valence-electron chi connectivity index (χ0n) is 10.00. The van der Waals surface area contributed by atoms with Crippen LogP contribution in [-0.2, 0) is 0 Å². The third-order valence-electron chi connectivity index (χ3n) is 1.93. The lowest BCUT2D eigenvalue weighted by Gasteiger charge is -2.15. The topological polar surface area (TPSA) is 53.6 Å². The number of carbonyl (C=O) groups excluding carboxylic acids is 1. The maximum Gasteiger partial charge on any atom is 0.333 e. The molecule has 0 aliphatic carbocycles. The molecule has 0 bridgehead atoms. The molecule has 0 unspecified atom stereocenters. The zero-order valence-corrected chi connectivity index (χ0v) is 10.00. The van der Waals surface area contributed by atoms with Crippen molar-refractivity contribution in [3.63, 3.8) is 0 Å². The summed E-state index contributed by atoms with van der Waals surface area (Å²) in [5, 5.41) is 4.28. The first-order valence-corrected chi connectivity index (χ1v) is 4.92. The molecule has 1 rings (SSSR count). The Bertz CT molecular complexity index is 377. The molecule has 1 aromatic carbocycles. The number of carbonyl (C=O) groups is 1. The van der Waals surface area contributed by atoms with Crippen molar-refractivity contribution in [3.05, 3.63) is 23.8 Å². The van der Waals surface area contributed by atoms with Crippen molar-refractivity contribution in [2.45, 2.75) is 6.92 Å². The summed E-state index contributed by atoms with van der Waals surface area (Å²) < 4.78 is 5.15. The van der Waals surface area contributed by atoms with Gasteiger partial charge in [0, 0.05) is 14.1 Å². The number of nitrogens with zero attached hydrogens (tertiary/aromatic N) is 1. The van der Waals surface area contributed by atoms with Gasteiger partial charge in [-0.2, -0.15) is 0 Å². The van der Waals surface area contributed by atoms with Crippen LogP contribution in [-0.4, -0.2) is 32.2 Å². The van der Waals surface area contributed by atoms with Gasteiger partial charge in [-0.1, -0.05) is 6.07 Å². The van der Waals surface area contributed by atoms with E-state index in [2.05, 4.69) is 10.7 Å². The molecule has 0 aliphatic heterocycles. The Balaban J connectivity index is 2.79. The summed E-state index contributed by atoms with van der Waals surface area (Å²) >= 11 is 0. The molecule has 0 saturated heterocycles. The monoisotopic (exact) mass is 223 g/mol. The van der Waals surface area contributed by atoms with E-state index in [1.165, 1.54) is 0 Å². The molecule has 5 nitrogen and oxygen atoms in total. The van der Waals surface area contributed by atoms with Crippen molar-refractivity contribution in [2.75, 3.05) is 26.5 Å². The first kappa shape index (κ1) is 12.3. The number of amides is 2. The summed E-state index contributed by atoms with van der Waals surface area (Å²) in [6, 6.07) is 5.30. The van der Waals surface area contributed by atoms with E-state index >= 15 is 0 Å². The van der Waals surface area contributed by atoms with Gasteiger partial charge in [-0.25, -0.2) is 9.80 Å². The predicted octanol–water partition coefficient (Wildman–Crippen LogP) is 1.60. The Labute approximate surface area is 95.4 Å². The number of aryl methyl sites for hydroxylation is 1. The Hall–Kier alpha value is -1.75. The van der Waals surface area contributed by atoms with Crippen molar-refractivity contribution in [1.82, 2.24) is 10.4 Å². The van der Waals surface area contributed by atoms with Crippen LogP contribution in [0.15, 0.2) is 18.2 Å². The Morgan fingerprint density at radius 3 is 2.62 bits per heavy atom. The molecule has 0 atom stereocenters. The van der Waals surface area contributed by atoms with Crippen molar-refractivity contribution >= 4 is 11.7 Å². The maximum atomic E-state index is 11.5. The molecule has 88 valence electrons. The standard InChI is InChI=1S/C11H17N3O2/c1-8-5-6-10(16-4)9(7-8)12-11(15)13-14(2)3/h5-7H,1-4H3,(H2,12,13,15). The van der Waals surface area contributed by atoms with Crippen LogP contribution in [0.25, 0.3) is 0 Å². The van der Waals surface area contributed by atoms with Crippen LogP contribution >= 0.6 is 0 Å². The highest BCUT2D eigenvalue weighted by atomic mass is 16.5. The highest BCUT2D eigenvalue weighted by Crippen LogP contribution is 2.24. The smallest absolute Gasteiger partial charge is 0.333 e. The first-order chi connectivity index (χ1) is 7.52. The lowest BCUT2D eigenvalue weighted by Crippen LogP contribution is -2.39. The van der Waals surface area contributed by atoms with E-state index in [0.717, 1.165) is 5.56 Å². The molecule has 0 radical (unpaired) electrons. The number of methoxy groups -OCH3 is 1. The molecular formula is C11H17N3O2. The fraction of sp³-hybridized carbons (Fsp3) is 0.364. The van der Waals surface area contributed by atoms with Gasteiger partial charge in [0.05, 0.1) is 12.8 Å². The largest absolute Gasteiger partial charge is 0.495 e. The number of hydrogen-bond donors (Lipinski definition) is 2. The zero-order chi connectivity index (χ0) is 12.1. The molecule has 0 aliphatic rings. The van der Waals surface area contributed by atoms with Gasteiger partial charge in [0.15, 0.2) is 0 Å². The van der Waals surface area contributed by atoms with Crippen LogP contribution in [0.2, 0.25) is 0 Å². The molecular weight excluding hydrogens is 206 g/mol. The van der Waals surface area contributed by atoms with Crippen molar-refractivity contribution in [1.29, 1.82) is 0 Å². The summed E-state index contributed by atoms with van der Waals surface area (Å²) in [6.07, 6.45) is 0. The SMILES string of the molecule is COc1ccc(C)cc1NC(=O)NN(C)C. The van der Waals surface area contributed by atoms with Crippen molar-refractivity contribution < 1.29 is 9.53 Å². The molecule has 5 heteroatoms. The van der Waals surface area contributed by atoms with Gasteiger partial charge >= 0.3 is 6.03 Å². The summed E-state index contributed by atoms with van der Waals surface area (Å²) in [4.78, 5) is 11.5. The molecule has 16 heavy (non-hydrogen) atoms. The molecule has 1 aromatic rings. The Kier molecular flexibility index (Phi) is 4.13. The van der Waals surface area contributed by atoms with Crippen LogP contribution in [0.1, 0.15) is 5.56 Å². The molecule has 0 fully saturated rings. The van der Waals surface area contributed by atoms with Gasteiger partial charge in [0.1, 0.15) is 5.75 Å². The molecule has 0 heterocycles. The Morgan fingerprint density at radius 1 is 1.38 bits per heavy atom. The number of nitrogens with one attached hydrogen (secondary N) is 2. The number of hydrazine groups is 1. The summed E-state index contributed by atoms with van der Waals surface area (Å²) in [5.41, 5.74) is 4.30. The van der Waals surface area contributed by atoms with Gasteiger partial charge in [-0.05, 0) is 24.6 Å².